The highest BCUT2D eigenvalue weighted by atomic mass is 127. The van der Waals surface area contributed by atoms with E-state index in [2.05, 4.69) is 31.7 Å². The fourth-order valence-electron chi connectivity index (χ4n) is 1.97. The number of nitrogens with zero attached hydrogens (tertiary/aromatic N) is 3. The first-order chi connectivity index (χ1) is 10.5. The van der Waals surface area contributed by atoms with Crippen molar-refractivity contribution in [1.82, 2.24) is 25.5 Å². The van der Waals surface area contributed by atoms with E-state index in [9.17, 15) is 4.79 Å². The Hall–Kier alpha value is -1.84. The summed E-state index contributed by atoms with van der Waals surface area (Å²) in [5.74, 6) is 1.37. The molecule has 2 aromatic rings. The maximum absolute atomic E-state index is 11.5. The smallest absolute Gasteiger partial charge is 0.241 e. The average Bonchev–Trinajstić information content (AvgIpc) is 2.88. The number of carbonyl (C=O) groups excluding carboxylic acids is 1. The number of hydrogen-bond donors (Lipinski definition) is 3. The molecule has 0 saturated carbocycles. The van der Waals surface area contributed by atoms with Crippen LogP contribution in [-0.4, -0.2) is 54.4 Å². The number of fused-ring (bicyclic) bond motifs is 1. The van der Waals surface area contributed by atoms with E-state index in [0.717, 1.165) is 16.9 Å². The van der Waals surface area contributed by atoms with Crippen molar-refractivity contribution in [3.8, 4) is 0 Å². The van der Waals surface area contributed by atoms with E-state index in [1.165, 1.54) is 10.5 Å². The van der Waals surface area contributed by atoms with Crippen molar-refractivity contribution < 1.29 is 4.79 Å². The van der Waals surface area contributed by atoms with Gasteiger partial charge in [-0.1, -0.05) is 6.07 Å². The maximum atomic E-state index is 11.5. The van der Waals surface area contributed by atoms with Crippen LogP contribution in [0.5, 0.6) is 0 Å². The quantitative estimate of drug-likeness (QED) is 0.387. The number of benzene rings is 1. The molecule has 0 spiro atoms. The zero-order valence-corrected chi connectivity index (χ0v) is 16.1. The number of H-pyrrole nitrogens is 1. The number of imidazole rings is 1. The normalized spacial score (nSPS) is 11.0. The minimum atomic E-state index is -0.0119. The molecule has 0 unspecified atom stereocenters. The fraction of sp³-hybridized carbons (Fsp3) is 0.400. The van der Waals surface area contributed by atoms with Gasteiger partial charge in [0.1, 0.15) is 5.82 Å². The van der Waals surface area contributed by atoms with Gasteiger partial charge in [0.2, 0.25) is 5.91 Å². The minimum absolute atomic E-state index is 0. The molecular formula is C15H23IN6O. The highest BCUT2D eigenvalue weighted by Crippen LogP contribution is 2.12. The molecule has 0 radical (unpaired) electrons. The molecule has 1 heterocycles. The number of nitrogens with one attached hydrogen (secondary N) is 3. The number of amides is 1. The van der Waals surface area contributed by atoms with Gasteiger partial charge in [-0.3, -0.25) is 9.79 Å². The monoisotopic (exact) mass is 430 g/mol. The summed E-state index contributed by atoms with van der Waals surface area (Å²) in [5.41, 5.74) is 3.14. The van der Waals surface area contributed by atoms with Crippen LogP contribution in [0.25, 0.3) is 11.0 Å². The summed E-state index contributed by atoms with van der Waals surface area (Å²) in [6.45, 7) is 2.75. The number of likely N-dealkylation sites (N-methyl/N-ethyl adjacent to an activating group) is 1. The molecule has 23 heavy (non-hydrogen) atoms. The Balaban J connectivity index is 0.00000264. The number of aromatic nitrogens is 2. The molecule has 2 rings (SSSR count). The molecule has 126 valence electrons. The number of guanidine groups is 1. The number of carbonyl (C=O) groups is 1. The van der Waals surface area contributed by atoms with Gasteiger partial charge in [0.05, 0.1) is 24.1 Å². The standard InChI is InChI=1S/C15H22N6O.HI/c1-10-5-6-11-12(7-10)20-13(19-11)8-17-15(16-2)18-9-14(22)21(3)4;/h5-7H,8-9H2,1-4H3,(H,19,20)(H2,16,17,18);1H. The van der Waals surface area contributed by atoms with Crippen LogP contribution in [0.1, 0.15) is 11.4 Å². The number of rotatable bonds is 4. The predicted octanol–water partition coefficient (Wildman–Crippen LogP) is 1.24. The highest BCUT2D eigenvalue weighted by Gasteiger charge is 2.07. The Kier molecular flexibility index (Phi) is 7.27. The lowest BCUT2D eigenvalue weighted by molar-refractivity contribution is -0.127. The van der Waals surface area contributed by atoms with E-state index in [4.69, 9.17) is 0 Å². The van der Waals surface area contributed by atoms with Crippen molar-refractivity contribution in [2.24, 2.45) is 4.99 Å². The van der Waals surface area contributed by atoms with Crippen LogP contribution in [0.15, 0.2) is 23.2 Å². The zero-order valence-electron chi connectivity index (χ0n) is 13.8. The topological polar surface area (TPSA) is 85.4 Å². The first-order valence-corrected chi connectivity index (χ1v) is 7.09. The molecule has 1 amide bonds. The van der Waals surface area contributed by atoms with Crippen LogP contribution >= 0.6 is 24.0 Å². The van der Waals surface area contributed by atoms with E-state index in [-0.39, 0.29) is 36.4 Å². The van der Waals surface area contributed by atoms with Gasteiger partial charge in [-0.15, -0.1) is 24.0 Å². The first kappa shape index (κ1) is 19.2. The Morgan fingerprint density at radius 3 is 2.74 bits per heavy atom. The number of aliphatic imine (C=N–C) groups is 1. The van der Waals surface area contributed by atoms with E-state index in [1.807, 2.05) is 19.1 Å². The van der Waals surface area contributed by atoms with Crippen molar-refractivity contribution >= 4 is 46.9 Å². The van der Waals surface area contributed by atoms with Crippen LogP contribution in [-0.2, 0) is 11.3 Å². The summed E-state index contributed by atoms with van der Waals surface area (Å²) in [7, 11) is 5.10. The molecule has 0 aliphatic carbocycles. The third kappa shape index (κ3) is 5.38. The summed E-state index contributed by atoms with van der Waals surface area (Å²) in [5, 5.41) is 6.10. The Labute approximate surface area is 153 Å². The van der Waals surface area contributed by atoms with Gasteiger partial charge in [-0.05, 0) is 24.6 Å². The Bertz CT molecular complexity index is 694. The Morgan fingerprint density at radius 1 is 1.35 bits per heavy atom. The molecule has 1 aromatic carbocycles. The van der Waals surface area contributed by atoms with Crippen LogP contribution < -0.4 is 10.6 Å². The molecule has 0 atom stereocenters. The third-order valence-corrected chi connectivity index (χ3v) is 3.24. The summed E-state index contributed by atoms with van der Waals surface area (Å²) in [6, 6.07) is 6.09. The first-order valence-electron chi connectivity index (χ1n) is 7.09. The van der Waals surface area contributed by atoms with Gasteiger partial charge < -0.3 is 20.5 Å². The predicted molar refractivity (Wildman–Crippen MR) is 103 cm³/mol. The number of halogens is 1. The summed E-state index contributed by atoms with van der Waals surface area (Å²) >= 11 is 0. The SMILES string of the molecule is CN=C(NCC(=O)N(C)C)NCc1nc2ccc(C)cc2[nH]1.I. The van der Waals surface area contributed by atoms with Gasteiger partial charge in [-0.2, -0.15) is 0 Å². The number of aryl methyl sites for hydroxylation is 1. The molecule has 0 aliphatic rings. The van der Waals surface area contributed by atoms with Gasteiger partial charge in [0.15, 0.2) is 5.96 Å². The third-order valence-electron chi connectivity index (χ3n) is 3.24. The molecular weight excluding hydrogens is 407 g/mol. The van der Waals surface area contributed by atoms with Crippen LogP contribution in [0.4, 0.5) is 0 Å². The molecule has 7 nitrogen and oxygen atoms in total. The van der Waals surface area contributed by atoms with Crippen LogP contribution in [0, 0.1) is 6.92 Å². The lowest BCUT2D eigenvalue weighted by atomic mass is 10.2. The van der Waals surface area contributed by atoms with E-state index >= 15 is 0 Å². The van der Waals surface area contributed by atoms with Crippen molar-refractivity contribution in [1.29, 1.82) is 0 Å². The van der Waals surface area contributed by atoms with E-state index in [1.54, 1.807) is 21.1 Å². The maximum Gasteiger partial charge on any atom is 0.241 e. The zero-order chi connectivity index (χ0) is 16.1. The van der Waals surface area contributed by atoms with Crippen LogP contribution in [0.2, 0.25) is 0 Å². The van der Waals surface area contributed by atoms with E-state index < -0.39 is 0 Å². The summed E-state index contributed by atoms with van der Waals surface area (Å²) in [4.78, 5) is 24.9. The summed E-state index contributed by atoms with van der Waals surface area (Å²) < 4.78 is 0. The van der Waals surface area contributed by atoms with Crippen molar-refractivity contribution in [3.63, 3.8) is 0 Å². The van der Waals surface area contributed by atoms with Crippen molar-refractivity contribution in [2.75, 3.05) is 27.7 Å². The molecule has 0 aliphatic heterocycles. The average molecular weight is 430 g/mol. The highest BCUT2D eigenvalue weighted by molar-refractivity contribution is 14.0. The van der Waals surface area contributed by atoms with Gasteiger partial charge in [-0.25, -0.2) is 4.98 Å². The second-order valence-corrected chi connectivity index (χ2v) is 5.27. The van der Waals surface area contributed by atoms with E-state index in [0.29, 0.717) is 12.5 Å². The second-order valence-electron chi connectivity index (χ2n) is 5.27. The molecule has 0 fully saturated rings. The largest absolute Gasteiger partial charge is 0.349 e. The molecule has 3 N–H and O–H groups in total. The van der Waals surface area contributed by atoms with Crippen molar-refractivity contribution in [2.45, 2.75) is 13.5 Å². The molecule has 0 saturated heterocycles. The molecule has 1 aromatic heterocycles. The van der Waals surface area contributed by atoms with Crippen LogP contribution in [0.3, 0.4) is 0 Å². The van der Waals surface area contributed by atoms with Gasteiger partial charge in [0.25, 0.3) is 0 Å². The number of aromatic amines is 1. The number of hydrogen-bond acceptors (Lipinski definition) is 3. The van der Waals surface area contributed by atoms with Gasteiger partial charge in [0, 0.05) is 21.1 Å². The lowest BCUT2D eigenvalue weighted by Crippen LogP contribution is -2.42. The lowest BCUT2D eigenvalue weighted by Gasteiger charge is -2.13. The fourth-order valence-corrected chi connectivity index (χ4v) is 1.97. The molecule has 8 heteroatoms. The Morgan fingerprint density at radius 2 is 2.09 bits per heavy atom. The summed E-state index contributed by atoms with van der Waals surface area (Å²) in [6.07, 6.45) is 0. The molecule has 0 bridgehead atoms. The van der Waals surface area contributed by atoms with Gasteiger partial charge >= 0.3 is 0 Å². The van der Waals surface area contributed by atoms with Crippen molar-refractivity contribution in [3.05, 3.63) is 29.6 Å². The second kappa shape index (κ2) is 8.70. The minimum Gasteiger partial charge on any atom is -0.349 e.